The van der Waals surface area contributed by atoms with Crippen LogP contribution < -0.4 is 5.32 Å². The van der Waals surface area contributed by atoms with E-state index in [-0.39, 0.29) is 0 Å². The lowest BCUT2D eigenvalue weighted by molar-refractivity contribution is 0.508. The summed E-state index contributed by atoms with van der Waals surface area (Å²) in [5.41, 5.74) is 1.23. The van der Waals surface area contributed by atoms with E-state index in [0.717, 1.165) is 19.4 Å². The standard InChI is InChI=1S/C12H17N3/c1-2-12(5-7-13)15-9-6-11-4-3-8-14-10-11/h3-4,8,10,12,15H,2,5-6,9H2,1H3. The molecule has 1 rings (SSSR count). The van der Waals surface area contributed by atoms with Gasteiger partial charge in [-0.05, 0) is 31.0 Å². The Labute approximate surface area is 91.1 Å². The van der Waals surface area contributed by atoms with E-state index in [0.29, 0.717) is 12.5 Å². The van der Waals surface area contributed by atoms with Crippen LogP contribution in [0.4, 0.5) is 0 Å². The molecule has 0 saturated carbocycles. The molecule has 0 spiro atoms. The molecule has 1 aromatic rings. The molecule has 0 saturated heterocycles. The zero-order valence-corrected chi connectivity index (χ0v) is 9.11. The summed E-state index contributed by atoms with van der Waals surface area (Å²) in [6.07, 6.45) is 6.22. The van der Waals surface area contributed by atoms with Crippen LogP contribution in [-0.2, 0) is 6.42 Å². The minimum Gasteiger partial charge on any atom is -0.313 e. The topological polar surface area (TPSA) is 48.7 Å². The van der Waals surface area contributed by atoms with Gasteiger partial charge in [0.2, 0.25) is 0 Å². The molecule has 0 amide bonds. The molecule has 3 heteroatoms. The molecule has 0 aromatic carbocycles. The predicted molar refractivity (Wildman–Crippen MR) is 60.3 cm³/mol. The van der Waals surface area contributed by atoms with Crippen molar-refractivity contribution in [1.29, 1.82) is 5.26 Å². The number of nitrogens with zero attached hydrogens (tertiary/aromatic N) is 2. The first-order valence-electron chi connectivity index (χ1n) is 5.36. The van der Waals surface area contributed by atoms with Crippen LogP contribution in [0, 0.1) is 11.3 Å². The fourth-order valence-electron chi connectivity index (χ4n) is 1.44. The Balaban J connectivity index is 2.24. The fourth-order valence-corrected chi connectivity index (χ4v) is 1.44. The quantitative estimate of drug-likeness (QED) is 0.768. The van der Waals surface area contributed by atoms with Crippen LogP contribution in [0.5, 0.6) is 0 Å². The van der Waals surface area contributed by atoms with Crippen molar-refractivity contribution in [3.8, 4) is 6.07 Å². The summed E-state index contributed by atoms with van der Waals surface area (Å²) < 4.78 is 0. The van der Waals surface area contributed by atoms with Crippen molar-refractivity contribution < 1.29 is 0 Å². The molecular weight excluding hydrogens is 186 g/mol. The van der Waals surface area contributed by atoms with E-state index in [1.165, 1.54) is 5.56 Å². The van der Waals surface area contributed by atoms with Crippen LogP contribution in [0.1, 0.15) is 25.3 Å². The normalized spacial score (nSPS) is 12.0. The van der Waals surface area contributed by atoms with Crippen molar-refractivity contribution in [3.05, 3.63) is 30.1 Å². The number of hydrogen-bond donors (Lipinski definition) is 1. The van der Waals surface area contributed by atoms with Crippen molar-refractivity contribution in [2.45, 2.75) is 32.2 Å². The lowest BCUT2D eigenvalue weighted by atomic mass is 10.1. The molecular formula is C12H17N3. The van der Waals surface area contributed by atoms with E-state index in [2.05, 4.69) is 29.4 Å². The molecule has 1 heterocycles. The van der Waals surface area contributed by atoms with Crippen molar-refractivity contribution in [3.63, 3.8) is 0 Å². The lowest BCUT2D eigenvalue weighted by Crippen LogP contribution is -2.29. The van der Waals surface area contributed by atoms with Crippen molar-refractivity contribution in [1.82, 2.24) is 10.3 Å². The van der Waals surface area contributed by atoms with Gasteiger partial charge in [-0.25, -0.2) is 0 Å². The fraction of sp³-hybridized carbons (Fsp3) is 0.500. The second kappa shape index (κ2) is 6.97. The largest absolute Gasteiger partial charge is 0.313 e. The lowest BCUT2D eigenvalue weighted by Gasteiger charge is -2.12. The maximum atomic E-state index is 8.58. The molecule has 0 bridgehead atoms. The van der Waals surface area contributed by atoms with Gasteiger partial charge in [0.15, 0.2) is 0 Å². The van der Waals surface area contributed by atoms with Gasteiger partial charge in [-0.15, -0.1) is 0 Å². The first-order valence-corrected chi connectivity index (χ1v) is 5.36. The summed E-state index contributed by atoms with van der Waals surface area (Å²) >= 11 is 0. The SMILES string of the molecule is CCC(CC#N)NCCc1cccnc1. The third-order valence-corrected chi connectivity index (χ3v) is 2.40. The molecule has 80 valence electrons. The monoisotopic (exact) mass is 203 g/mol. The minimum atomic E-state index is 0.326. The summed E-state index contributed by atoms with van der Waals surface area (Å²) in [7, 11) is 0. The summed E-state index contributed by atoms with van der Waals surface area (Å²) in [6.45, 7) is 3.00. The Morgan fingerprint density at radius 3 is 3.07 bits per heavy atom. The van der Waals surface area contributed by atoms with E-state index in [1.807, 2.05) is 12.3 Å². The van der Waals surface area contributed by atoms with E-state index in [9.17, 15) is 0 Å². The molecule has 1 atom stereocenters. The number of rotatable bonds is 6. The Morgan fingerprint density at radius 2 is 2.47 bits per heavy atom. The Bertz CT molecular complexity index is 302. The zero-order valence-electron chi connectivity index (χ0n) is 9.11. The van der Waals surface area contributed by atoms with E-state index in [4.69, 9.17) is 5.26 Å². The van der Waals surface area contributed by atoms with Gasteiger partial charge in [-0.2, -0.15) is 5.26 Å². The second-order valence-electron chi connectivity index (χ2n) is 3.53. The van der Waals surface area contributed by atoms with E-state index < -0.39 is 0 Å². The number of hydrogen-bond acceptors (Lipinski definition) is 3. The third kappa shape index (κ3) is 4.57. The molecule has 1 N–H and O–H groups in total. The number of aromatic nitrogens is 1. The highest BCUT2D eigenvalue weighted by Gasteiger charge is 2.03. The highest BCUT2D eigenvalue weighted by atomic mass is 14.9. The second-order valence-corrected chi connectivity index (χ2v) is 3.53. The molecule has 0 aliphatic carbocycles. The minimum absolute atomic E-state index is 0.326. The first-order chi connectivity index (χ1) is 7.36. The summed E-state index contributed by atoms with van der Waals surface area (Å²) in [5.74, 6) is 0. The van der Waals surface area contributed by atoms with Crippen LogP contribution in [0.25, 0.3) is 0 Å². The average molecular weight is 203 g/mol. The zero-order chi connectivity index (χ0) is 10.9. The van der Waals surface area contributed by atoms with Crippen LogP contribution >= 0.6 is 0 Å². The Morgan fingerprint density at radius 1 is 1.60 bits per heavy atom. The number of pyridine rings is 1. The van der Waals surface area contributed by atoms with Crippen LogP contribution in [0.3, 0.4) is 0 Å². The molecule has 1 unspecified atom stereocenters. The highest BCUT2D eigenvalue weighted by Crippen LogP contribution is 1.99. The van der Waals surface area contributed by atoms with Crippen LogP contribution in [0.2, 0.25) is 0 Å². The Hall–Kier alpha value is -1.40. The van der Waals surface area contributed by atoms with Gasteiger partial charge in [0.1, 0.15) is 0 Å². The van der Waals surface area contributed by atoms with E-state index in [1.54, 1.807) is 6.20 Å². The van der Waals surface area contributed by atoms with Crippen molar-refractivity contribution in [2.75, 3.05) is 6.54 Å². The average Bonchev–Trinajstić information content (AvgIpc) is 2.29. The van der Waals surface area contributed by atoms with Crippen molar-refractivity contribution in [2.24, 2.45) is 0 Å². The maximum absolute atomic E-state index is 8.58. The molecule has 0 radical (unpaired) electrons. The smallest absolute Gasteiger partial charge is 0.0638 e. The van der Waals surface area contributed by atoms with Gasteiger partial charge in [0.25, 0.3) is 0 Å². The van der Waals surface area contributed by atoms with Gasteiger partial charge in [-0.1, -0.05) is 13.0 Å². The van der Waals surface area contributed by atoms with E-state index >= 15 is 0 Å². The van der Waals surface area contributed by atoms with Crippen LogP contribution in [-0.4, -0.2) is 17.6 Å². The number of nitrogens with one attached hydrogen (secondary N) is 1. The summed E-state index contributed by atoms with van der Waals surface area (Å²) in [6, 6.07) is 6.53. The van der Waals surface area contributed by atoms with Gasteiger partial charge >= 0.3 is 0 Å². The first kappa shape index (κ1) is 11.7. The van der Waals surface area contributed by atoms with Crippen LogP contribution in [0.15, 0.2) is 24.5 Å². The van der Waals surface area contributed by atoms with Gasteiger partial charge < -0.3 is 5.32 Å². The molecule has 1 aromatic heterocycles. The summed E-state index contributed by atoms with van der Waals surface area (Å²) in [4.78, 5) is 4.06. The van der Waals surface area contributed by atoms with Crippen molar-refractivity contribution >= 4 is 0 Å². The number of nitriles is 1. The molecule has 0 aliphatic rings. The Kier molecular flexibility index (Phi) is 5.42. The predicted octanol–water partition coefficient (Wildman–Crippen LogP) is 1.91. The maximum Gasteiger partial charge on any atom is 0.0638 e. The molecule has 3 nitrogen and oxygen atoms in total. The third-order valence-electron chi connectivity index (χ3n) is 2.40. The molecule has 0 aliphatic heterocycles. The van der Waals surface area contributed by atoms with Gasteiger partial charge in [-0.3, -0.25) is 4.98 Å². The van der Waals surface area contributed by atoms with Gasteiger partial charge in [0, 0.05) is 18.4 Å². The molecule has 0 fully saturated rings. The van der Waals surface area contributed by atoms with Gasteiger partial charge in [0.05, 0.1) is 12.5 Å². The summed E-state index contributed by atoms with van der Waals surface area (Å²) in [5, 5.41) is 12.0. The highest BCUT2D eigenvalue weighted by molar-refractivity contribution is 5.08. The molecule has 15 heavy (non-hydrogen) atoms.